The summed E-state index contributed by atoms with van der Waals surface area (Å²) in [6, 6.07) is -2.99. The molecule has 0 aromatic carbocycles. The minimum absolute atomic E-state index is 0.594. The third kappa shape index (κ3) is 7.52. The summed E-state index contributed by atoms with van der Waals surface area (Å²) in [6.45, 7) is 5.33. The van der Waals surface area contributed by atoms with Gasteiger partial charge in [-0.15, -0.1) is 4.72 Å². The van der Waals surface area contributed by atoms with Crippen molar-refractivity contribution in [2.24, 2.45) is 5.92 Å². The van der Waals surface area contributed by atoms with E-state index in [4.69, 9.17) is 5.11 Å². The first-order valence-electron chi connectivity index (χ1n) is 6.64. The van der Waals surface area contributed by atoms with Crippen molar-refractivity contribution in [3.63, 3.8) is 0 Å². The minimum Gasteiger partial charge on any atom is -0.598 e. The van der Waals surface area contributed by atoms with E-state index in [1.54, 1.807) is 0 Å². The van der Waals surface area contributed by atoms with Gasteiger partial charge in [-0.25, -0.2) is 4.79 Å². The Labute approximate surface area is 130 Å². The molecular formula is C12H23F3N2O4S. The van der Waals surface area contributed by atoms with Gasteiger partial charge in [0.15, 0.2) is 0 Å². The van der Waals surface area contributed by atoms with Crippen LogP contribution < -0.4 is 10.0 Å². The number of aliphatic hydroxyl groups excluding tert-OH is 1. The summed E-state index contributed by atoms with van der Waals surface area (Å²) in [7, 11) is 0. The Morgan fingerprint density at radius 2 is 1.82 bits per heavy atom. The van der Waals surface area contributed by atoms with Gasteiger partial charge in [0.25, 0.3) is 0 Å². The van der Waals surface area contributed by atoms with Crippen molar-refractivity contribution in [2.45, 2.75) is 57.1 Å². The second-order valence-electron chi connectivity index (χ2n) is 6.01. The summed E-state index contributed by atoms with van der Waals surface area (Å²) in [5.41, 5.74) is 0. The van der Waals surface area contributed by atoms with Gasteiger partial charge in [0.2, 0.25) is 0 Å². The maximum absolute atomic E-state index is 13.1. The zero-order chi connectivity index (χ0) is 17.7. The molecule has 0 fully saturated rings. The molecule has 0 aliphatic carbocycles. The van der Waals surface area contributed by atoms with E-state index in [0.717, 1.165) is 0 Å². The molecule has 4 N–H and O–H groups in total. The Morgan fingerprint density at radius 3 is 2.14 bits per heavy atom. The largest absolute Gasteiger partial charge is 0.598 e. The summed E-state index contributed by atoms with van der Waals surface area (Å²) in [6.07, 6.45) is -6.65. The maximum Gasteiger partial charge on any atom is 0.408 e. The molecule has 0 saturated heterocycles. The predicted molar refractivity (Wildman–Crippen MR) is 76.7 cm³/mol. The minimum atomic E-state index is -4.67. The lowest BCUT2D eigenvalue weighted by Crippen LogP contribution is -2.53. The second kappa shape index (κ2) is 8.23. The van der Waals surface area contributed by atoms with Gasteiger partial charge in [-0.2, -0.15) is 13.2 Å². The molecule has 0 heterocycles. The molecule has 1 amide bonds. The van der Waals surface area contributed by atoms with Crippen LogP contribution >= 0.6 is 0 Å². The first-order chi connectivity index (χ1) is 9.78. The quantitative estimate of drug-likeness (QED) is 0.524. The zero-order valence-electron chi connectivity index (χ0n) is 12.9. The Kier molecular flexibility index (Phi) is 7.96. The molecule has 0 bridgehead atoms. The summed E-state index contributed by atoms with van der Waals surface area (Å²) >= 11 is -1.94. The standard InChI is InChI=1S/C12H23F3N2O4S/c1-7(16-10(19)20)8(6-18)5-9(12(13,14)15)17-22(21)11(2,3)4/h7-9,16-18H,5-6H2,1-4H3,(H,19,20). The lowest BCUT2D eigenvalue weighted by Gasteiger charge is -2.31. The molecular weight excluding hydrogens is 325 g/mol. The number of carbonyl (C=O) groups is 1. The average Bonchev–Trinajstić information content (AvgIpc) is 2.30. The fourth-order valence-corrected chi connectivity index (χ4v) is 2.45. The Balaban J connectivity index is 5.01. The monoisotopic (exact) mass is 348 g/mol. The number of alkyl halides is 3. The van der Waals surface area contributed by atoms with Gasteiger partial charge in [0.1, 0.15) is 10.8 Å². The fraction of sp³-hybridized carbons (Fsp3) is 0.917. The Morgan fingerprint density at radius 1 is 1.32 bits per heavy atom. The van der Waals surface area contributed by atoms with Crippen LogP contribution in [0.2, 0.25) is 0 Å². The highest BCUT2D eigenvalue weighted by Gasteiger charge is 2.46. The van der Waals surface area contributed by atoms with E-state index in [-0.39, 0.29) is 0 Å². The van der Waals surface area contributed by atoms with Crippen LogP contribution in [0.3, 0.4) is 0 Å². The highest BCUT2D eigenvalue weighted by Crippen LogP contribution is 2.28. The second-order valence-corrected chi connectivity index (χ2v) is 8.01. The zero-order valence-corrected chi connectivity index (χ0v) is 13.7. The molecule has 0 aliphatic rings. The molecule has 6 nitrogen and oxygen atoms in total. The van der Waals surface area contributed by atoms with Crippen molar-refractivity contribution in [1.29, 1.82) is 0 Å². The molecule has 0 saturated carbocycles. The van der Waals surface area contributed by atoms with E-state index in [9.17, 15) is 27.6 Å². The molecule has 10 heteroatoms. The van der Waals surface area contributed by atoms with Crippen molar-refractivity contribution >= 4 is 17.5 Å². The number of carboxylic acid groups (broad SMARTS) is 1. The van der Waals surface area contributed by atoms with Gasteiger partial charge in [-0.05, 0) is 34.1 Å². The molecule has 0 aromatic heterocycles. The van der Waals surface area contributed by atoms with Gasteiger partial charge in [-0.1, -0.05) is 0 Å². The SMILES string of the molecule is CC(NC(=O)O)C(CO)CC(N[S+]([O-])C(C)(C)C)C(F)(F)F. The summed E-state index contributed by atoms with van der Waals surface area (Å²) < 4.78 is 52.2. The Bertz CT molecular complexity index is 363. The molecule has 0 spiro atoms. The van der Waals surface area contributed by atoms with E-state index in [1.165, 1.54) is 27.7 Å². The molecule has 0 radical (unpaired) electrons. The predicted octanol–water partition coefficient (Wildman–Crippen LogP) is 1.62. The van der Waals surface area contributed by atoms with Crippen molar-refractivity contribution in [3.8, 4) is 0 Å². The van der Waals surface area contributed by atoms with Crippen LogP contribution in [0.4, 0.5) is 18.0 Å². The molecule has 4 unspecified atom stereocenters. The average molecular weight is 348 g/mol. The van der Waals surface area contributed by atoms with Gasteiger partial charge in [0.05, 0.1) is 0 Å². The lowest BCUT2D eigenvalue weighted by molar-refractivity contribution is -0.156. The van der Waals surface area contributed by atoms with Gasteiger partial charge in [-0.3, -0.25) is 0 Å². The van der Waals surface area contributed by atoms with E-state index >= 15 is 0 Å². The number of amides is 1. The van der Waals surface area contributed by atoms with Gasteiger partial charge < -0.3 is 20.1 Å². The number of halogens is 3. The van der Waals surface area contributed by atoms with Crippen LogP contribution in [0.1, 0.15) is 34.1 Å². The molecule has 0 aliphatic heterocycles. The topological polar surface area (TPSA) is 105 Å². The fourth-order valence-electron chi connectivity index (χ4n) is 1.61. The van der Waals surface area contributed by atoms with Crippen LogP contribution in [0.5, 0.6) is 0 Å². The van der Waals surface area contributed by atoms with Crippen molar-refractivity contribution in [1.82, 2.24) is 10.0 Å². The molecule has 132 valence electrons. The third-order valence-corrected chi connectivity index (χ3v) is 4.64. The van der Waals surface area contributed by atoms with Crippen LogP contribution in [0.25, 0.3) is 0 Å². The molecule has 4 atom stereocenters. The number of aliphatic hydroxyl groups is 1. The summed E-state index contributed by atoms with van der Waals surface area (Å²) in [4.78, 5) is 10.5. The molecule has 0 aromatic rings. The summed E-state index contributed by atoms with van der Waals surface area (Å²) in [5, 5.41) is 19.8. The maximum atomic E-state index is 13.1. The first kappa shape index (κ1) is 21.3. The molecule has 0 rings (SSSR count). The first-order valence-corrected chi connectivity index (χ1v) is 7.79. The normalized spacial score (nSPS) is 18.4. The highest BCUT2D eigenvalue weighted by molar-refractivity contribution is 7.90. The van der Waals surface area contributed by atoms with Crippen molar-refractivity contribution < 1.29 is 32.7 Å². The van der Waals surface area contributed by atoms with Crippen LogP contribution in [-0.2, 0) is 11.4 Å². The number of hydrogen-bond acceptors (Lipinski definition) is 4. The van der Waals surface area contributed by atoms with Gasteiger partial charge in [0, 0.05) is 29.9 Å². The van der Waals surface area contributed by atoms with Crippen molar-refractivity contribution in [2.75, 3.05) is 6.61 Å². The van der Waals surface area contributed by atoms with E-state index in [1.807, 2.05) is 10.0 Å². The van der Waals surface area contributed by atoms with Gasteiger partial charge >= 0.3 is 12.3 Å². The van der Waals surface area contributed by atoms with E-state index < -0.39 is 59.4 Å². The number of rotatable bonds is 7. The third-order valence-electron chi connectivity index (χ3n) is 3.03. The van der Waals surface area contributed by atoms with Crippen molar-refractivity contribution in [3.05, 3.63) is 0 Å². The number of hydrogen-bond donors (Lipinski definition) is 4. The molecule has 22 heavy (non-hydrogen) atoms. The van der Waals surface area contributed by atoms with Crippen LogP contribution in [0, 0.1) is 5.92 Å². The van der Waals surface area contributed by atoms with Crippen LogP contribution in [-0.4, -0.2) is 50.5 Å². The van der Waals surface area contributed by atoms with E-state index in [0.29, 0.717) is 0 Å². The van der Waals surface area contributed by atoms with Crippen LogP contribution in [0.15, 0.2) is 0 Å². The Hall–Kier alpha value is -0.710. The smallest absolute Gasteiger partial charge is 0.408 e. The van der Waals surface area contributed by atoms with E-state index in [2.05, 4.69) is 0 Å². The summed E-state index contributed by atoms with van der Waals surface area (Å²) in [5.74, 6) is -0.966. The number of nitrogens with one attached hydrogen (secondary N) is 2. The highest BCUT2D eigenvalue weighted by atomic mass is 32.2. The lowest BCUT2D eigenvalue weighted by atomic mass is 9.94.